The standard InChI is InChI=1S/C19H21F4N3O.HI/c1-2-24-18(26-11-14-5-8-17(20)15(9-14)12-27)25-10-13-3-6-16(7-4-13)19(21,22)23;/h3-9,27H,2,10-12H2,1H3,(H2,24,25,26);1H. The van der Waals surface area contributed by atoms with Crippen LogP contribution in [-0.2, 0) is 25.9 Å². The maximum absolute atomic E-state index is 13.4. The second-order valence-electron chi connectivity index (χ2n) is 5.83. The van der Waals surface area contributed by atoms with E-state index in [9.17, 15) is 17.6 Å². The lowest BCUT2D eigenvalue weighted by atomic mass is 10.1. The molecule has 0 amide bonds. The minimum atomic E-state index is -4.36. The van der Waals surface area contributed by atoms with Gasteiger partial charge in [-0.25, -0.2) is 9.38 Å². The number of aliphatic hydroxyl groups excluding tert-OH is 1. The molecule has 0 saturated heterocycles. The number of nitrogens with zero attached hydrogens (tertiary/aromatic N) is 1. The molecule has 9 heteroatoms. The molecule has 0 aliphatic heterocycles. The van der Waals surface area contributed by atoms with Gasteiger partial charge in [0.15, 0.2) is 5.96 Å². The van der Waals surface area contributed by atoms with Crippen molar-refractivity contribution < 1.29 is 22.7 Å². The number of hydrogen-bond acceptors (Lipinski definition) is 2. The smallest absolute Gasteiger partial charge is 0.392 e. The maximum atomic E-state index is 13.4. The molecule has 0 unspecified atom stereocenters. The van der Waals surface area contributed by atoms with Crippen molar-refractivity contribution in [3.8, 4) is 0 Å². The van der Waals surface area contributed by atoms with Crippen molar-refractivity contribution in [1.82, 2.24) is 10.6 Å². The molecule has 0 atom stereocenters. The van der Waals surface area contributed by atoms with E-state index in [-0.39, 0.29) is 36.1 Å². The zero-order valence-electron chi connectivity index (χ0n) is 15.2. The molecular formula is C19H22F4IN3O. The first-order valence-electron chi connectivity index (χ1n) is 8.40. The third-order valence-electron chi connectivity index (χ3n) is 3.79. The number of rotatable bonds is 6. The highest BCUT2D eigenvalue weighted by molar-refractivity contribution is 14.0. The number of nitrogens with one attached hydrogen (secondary N) is 2. The molecule has 0 aliphatic carbocycles. The molecule has 0 bridgehead atoms. The first kappa shape index (κ1) is 24.2. The summed E-state index contributed by atoms with van der Waals surface area (Å²) in [5.41, 5.74) is 0.915. The van der Waals surface area contributed by atoms with Crippen LogP contribution in [0.4, 0.5) is 17.6 Å². The number of halogens is 5. The average molecular weight is 511 g/mol. The van der Waals surface area contributed by atoms with Crippen molar-refractivity contribution in [2.45, 2.75) is 32.8 Å². The van der Waals surface area contributed by atoms with E-state index < -0.39 is 24.2 Å². The van der Waals surface area contributed by atoms with E-state index in [2.05, 4.69) is 15.6 Å². The summed E-state index contributed by atoms with van der Waals surface area (Å²) in [5.74, 6) is 0.00448. The van der Waals surface area contributed by atoms with Gasteiger partial charge >= 0.3 is 6.18 Å². The highest BCUT2D eigenvalue weighted by atomic mass is 127. The highest BCUT2D eigenvalue weighted by Crippen LogP contribution is 2.29. The van der Waals surface area contributed by atoms with Crippen molar-refractivity contribution in [3.63, 3.8) is 0 Å². The van der Waals surface area contributed by atoms with Crippen LogP contribution in [0.5, 0.6) is 0 Å². The first-order chi connectivity index (χ1) is 12.8. The van der Waals surface area contributed by atoms with Crippen LogP contribution in [0.3, 0.4) is 0 Å². The number of benzene rings is 2. The molecule has 0 fully saturated rings. The largest absolute Gasteiger partial charge is 0.416 e. The molecule has 3 N–H and O–H groups in total. The normalized spacial score (nSPS) is 11.7. The molecule has 2 aromatic rings. The van der Waals surface area contributed by atoms with E-state index >= 15 is 0 Å². The summed E-state index contributed by atoms with van der Waals surface area (Å²) in [6, 6.07) is 9.29. The van der Waals surface area contributed by atoms with Crippen LogP contribution in [0.2, 0.25) is 0 Å². The second kappa shape index (κ2) is 11.2. The van der Waals surface area contributed by atoms with Crippen LogP contribution in [0.25, 0.3) is 0 Å². The zero-order valence-corrected chi connectivity index (χ0v) is 17.5. The van der Waals surface area contributed by atoms with Crippen molar-refractivity contribution in [1.29, 1.82) is 0 Å². The van der Waals surface area contributed by atoms with Gasteiger partial charge in [0.1, 0.15) is 5.82 Å². The van der Waals surface area contributed by atoms with Gasteiger partial charge in [-0.05, 0) is 42.3 Å². The summed E-state index contributed by atoms with van der Waals surface area (Å²) in [5, 5.41) is 15.2. The minimum Gasteiger partial charge on any atom is -0.392 e. The maximum Gasteiger partial charge on any atom is 0.416 e. The van der Waals surface area contributed by atoms with Gasteiger partial charge in [-0.2, -0.15) is 13.2 Å². The lowest BCUT2D eigenvalue weighted by molar-refractivity contribution is -0.137. The Hall–Kier alpha value is -1.88. The lowest BCUT2D eigenvalue weighted by Gasteiger charge is -2.12. The summed E-state index contributed by atoms with van der Waals surface area (Å²) < 4.78 is 51.2. The Kier molecular flexibility index (Phi) is 9.66. The number of aliphatic imine (C=N–C) groups is 1. The van der Waals surface area contributed by atoms with E-state index in [1.807, 2.05) is 6.92 Å². The molecule has 2 aromatic carbocycles. The Bertz CT molecular complexity index is 780. The van der Waals surface area contributed by atoms with Gasteiger partial charge in [-0.1, -0.05) is 18.2 Å². The van der Waals surface area contributed by atoms with Crippen LogP contribution in [0, 0.1) is 5.82 Å². The number of guanidine groups is 1. The van der Waals surface area contributed by atoms with Crippen LogP contribution >= 0.6 is 24.0 Å². The van der Waals surface area contributed by atoms with E-state index in [0.717, 1.165) is 17.7 Å². The van der Waals surface area contributed by atoms with Crippen molar-refractivity contribution in [2.24, 2.45) is 4.99 Å². The third kappa shape index (κ3) is 7.27. The van der Waals surface area contributed by atoms with E-state index in [1.54, 1.807) is 6.07 Å². The molecule has 0 radical (unpaired) electrons. The Morgan fingerprint density at radius 3 is 2.25 bits per heavy atom. The van der Waals surface area contributed by atoms with Gasteiger partial charge in [0, 0.05) is 18.7 Å². The SMILES string of the molecule is CCNC(=NCc1ccc(F)c(CO)c1)NCc1ccc(C(F)(F)F)cc1.I. The molecule has 0 aliphatic rings. The van der Waals surface area contributed by atoms with Gasteiger partial charge in [0.2, 0.25) is 0 Å². The van der Waals surface area contributed by atoms with Crippen molar-refractivity contribution in [3.05, 3.63) is 70.5 Å². The molecule has 0 saturated carbocycles. The Balaban J connectivity index is 0.00000392. The topological polar surface area (TPSA) is 56.7 Å². The van der Waals surface area contributed by atoms with Crippen LogP contribution in [-0.4, -0.2) is 17.6 Å². The van der Waals surface area contributed by atoms with Crippen LogP contribution < -0.4 is 10.6 Å². The Morgan fingerprint density at radius 2 is 1.68 bits per heavy atom. The zero-order chi connectivity index (χ0) is 19.9. The summed E-state index contributed by atoms with van der Waals surface area (Å²) in [4.78, 5) is 4.37. The second-order valence-corrected chi connectivity index (χ2v) is 5.83. The Morgan fingerprint density at radius 1 is 1.04 bits per heavy atom. The average Bonchev–Trinajstić information content (AvgIpc) is 2.64. The Labute approximate surface area is 178 Å². The van der Waals surface area contributed by atoms with Crippen LogP contribution in [0.15, 0.2) is 47.5 Å². The number of hydrogen-bond donors (Lipinski definition) is 3. The molecule has 28 heavy (non-hydrogen) atoms. The fourth-order valence-corrected chi connectivity index (χ4v) is 2.36. The molecule has 4 nitrogen and oxygen atoms in total. The summed E-state index contributed by atoms with van der Waals surface area (Å²) in [7, 11) is 0. The van der Waals surface area contributed by atoms with Crippen molar-refractivity contribution in [2.75, 3.05) is 6.54 Å². The number of aliphatic hydroxyl groups is 1. The van der Waals surface area contributed by atoms with Crippen molar-refractivity contribution >= 4 is 29.9 Å². The molecular weight excluding hydrogens is 489 g/mol. The minimum absolute atomic E-state index is 0. The fraction of sp³-hybridized carbons (Fsp3) is 0.316. The van der Waals surface area contributed by atoms with E-state index in [1.165, 1.54) is 24.3 Å². The lowest BCUT2D eigenvalue weighted by Crippen LogP contribution is -2.36. The van der Waals surface area contributed by atoms with Gasteiger partial charge in [-0.3, -0.25) is 0 Å². The van der Waals surface area contributed by atoms with Gasteiger partial charge in [0.25, 0.3) is 0 Å². The molecule has 0 heterocycles. The summed E-state index contributed by atoms with van der Waals surface area (Å²) in [6.45, 7) is 2.65. The molecule has 0 spiro atoms. The molecule has 2 rings (SSSR count). The predicted octanol–water partition coefficient (Wildman–Crippen LogP) is 4.21. The van der Waals surface area contributed by atoms with Gasteiger partial charge in [-0.15, -0.1) is 24.0 Å². The fourth-order valence-electron chi connectivity index (χ4n) is 2.36. The monoisotopic (exact) mass is 511 g/mol. The van der Waals surface area contributed by atoms with E-state index in [4.69, 9.17) is 5.11 Å². The molecule has 154 valence electrons. The summed E-state index contributed by atoms with van der Waals surface area (Å²) in [6.07, 6.45) is -4.36. The van der Waals surface area contributed by atoms with Gasteiger partial charge < -0.3 is 15.7 Å². The quantitative estimate of drug-likeness (QED) is 0.236. The van der Waals surface area contributed by atoms with Gasteiger partial charge in [0.05, 0.1) is 18.7 Å². The predicted molar refractivity (Wildman–Crippen MR) is 111 cm³/mol. The van der Waals surface area contributed by atoms with E-state index in [0.29, 0.717) is 24.6 Å². The number of alkyl halides is 3. The third-order valence-corrected chi connectivity index (χ3v) is 3.79. The molecule has 0 aromatic heterocycles. The first-order valence-corrected chi connectivity index (χ1v) is 8.40. The highest BCUT2D eigenvalue weighted by Gasteiger charge is 2.29. The summed E-state index contributed by atoms with van der Waals surface area (Å²) >= 11 is 0. The van der Waals surface area contributed by atoms with Crippen LogP contribution in [0.1, 0.15) is 29.2 Å².